The molecule has 0 amide bonds. The molecule has 0 spiro atoms. The number of nitrogens with zero attached hydrogens (tertiary/aromatic N) is 1. The highest BCUT2D eigenvalue weighted by atomic mass is 15.1. The Morgan fingerprint density at radius 1 is 1.50 bits per heavy atom. The lowest BCUT2D eigenvalue weighted by atomic mass is 9.86. The second-order valence-corrected chi connectivity index (χ2v) is 4.96. The molecule has 0 aromatic carbocycles. The van der Waals surface area contributed by atoms with Gasteiger partial charge in [-0.2, -0.15) is 0 Å². The zero-order valence-corrected chi connectivity index (χ0v) is 8.64. The standard InChI is InChI=1S/C10H22N2/c1-10(2,11)7-9-5-4-6-12(3)8-9/h9H,4-8,11H2,1-3H3. The minimum Gasteiger partial charge on any atom is -0.326 e. The maximum absolute atomic E-state index is 5.99. The molecule has 0 radical (unpaired) electrons. The average molecular weight is 170 g/mol. The molecule has 1 aliphatic heterocycles. The van der Waals surface area contributed by atoms with E-state index in [2.05, 4.69) is 25.8 Å². The van der Waals surface area contributed by atoms with Crippen LogP contribution in [0.1, 0.15) is 33.1 Å². The normalized spacial score (nSPS) is 27.5. The lowest BCUT2D eigenvalue weighted by Crippen LogP contribution is -2.40. The fourth-order valence-electron chi connectivity index (χ4n) is 2.18. The van der Waals surface area contributed by atoms with Gasteiger partial charge in [0.1, 0.15) is 0 Å². The summed E-state index contributed by atoms with van der Waals surface area (Å²) in [4.78, 5) is 2.42. The molecule has 1 aliphatic rings. The van der Waals surface area contributed by atoms with Gasteiger partial charge in [-0.25, -0.2) is 0 Å². The zero-order valence-electron chi connectivity index (χ0n) is 8.64. The summed E-state index contributed by atoms with van der Waals surface area (Å²) in [5.74, 6) is 0.823. The summed E-state index contributed by atoms with van der Waals surface area (Å²) in [5, 5.41) is 0. The molecule has 12 heavy (non-hydrogen) atoms. The van der Waals surface area contributed by atoms with E-state index in [1.54, 1.807) is 0 Å². The van der Waals surface area contributed by atoms with Crippen molar-refractivity contribution in [3.05, 3.63) is 0 Å². The molecule has 2 heteroatoms. The molecule has 1 saturated heterocycles. The summed E-state index contributed by atoms with van der Waals surface area (Å²) in [5.41, 5.74) is 6.01. The minimum atomic E-state index is 0.0167. The zero-order chi connectivity index (χ0) is 9.19. The summed E-state index contributed by atoms with van der Waals surface area (Å²) in [6.45, 7) is 6.76. The van der Waals surface area contributed by atoms with Crippen molar-refractivity contribution >= 4 is 0 Å². The van der Waals surface area contributed by atoms with E-state index < -0.39 is 0 Å². The first kappa shape index (κ1) is 10.0. The summed E-state index contributed by atoms with van der Waals surface area (Å²) >= 11 is 0. The van der Waals surface area contributed by atoms with Crippen LogP contribution in [0.2, 0.25) is 0 Å². The van der Waals surface area contributed by atoms with Crippen molar-refractivity contribution in [3.8, 4) is 0 Å². The second kappa shape index (κ2) is 3.75. The molecular weight excluding hydrogens is 148 g/mol. The third-order valence-electron chi connectivity index (χ3n) is 2.54. The molecule has 1 rings (SSSR count). The third kappa shape index (κ3) is 3.55. The van der Waals surface area contributed by atoms with Crippen molar-refractivity contribution in [2.75, 3.05) is 20.1 Å². The van der Waals surface area contributed by atoms with Crippen molar-refractivity contribution in [2.45, 2.75) is 38.6 Å². The molecule has 1 atom stereocenters. The summed E-state index contributed by atoms with van der Waals surface area (Å²) in [7, 11) is 2.20. The first-order valence-corrected chi connectivity index (χ1v) is 4.95. The summed E-state index contributed by atoms with van der Waals surface area (Å²) < 4.78 is 0. The molecule has 0 aromatic rings. The SMILES string of the molecule is CN1CCCC(CC(C)(C)N)C1. The molecule has 2 N–H and O–H groups in total. The van der Waals surface area contributed by atoms with E-state index in [4.69, 9.17) is 5.73 Å². The van der Waals surface area contributed by atoms with Crippen molar-refractivity contribution in [2.24, 2.45) is 11.7 Å². The maximum atomic E-state index is 5.99. The van der Waals surface area contributed by atoms with E-state index >= 15 is 0 Å². The molecular formula is C10H22N2. The van der Waals surface area contributed by atoms with Gasteiger partial charge in [-0.3, -0.25) is 0 Å². The lowest BCUT2D eigenvalue weighted by molar-refractivity contribution is 0.182. The Bertz CT molecular complexity index is 137. The van der Waals surface area contributed by atoms with Crippen LogP contribution in [0.5, 0.6) is 0 Å². The van der Waals surface area contributed by atoms with Crippen LogP contribution in [-0.4, -0.2) is 30.6 Å². The molecule has 0 aliphatic carbocycles. The van der Waals surface area contributed by atoms with Crippen LogP contribution < -0.4 is 5.73 Å². The fourth-order valence-corrected chi connectivity index (χ4v) is 2.18. The molecule has 2 nitrogen and oxygen atoms in total. The van der Waals surface area contributed by atoms with Gasteiger partial charge in [-0.1, -0.05) is 0 Å². The van der Waals surface area contributed by atoms with E-state index in [-0.39, 0.29) is 5.54 Å². The highest BCUT2D eigenvalue weighted by molar-refractivity contribution is 4.80. The van der Waals surface area contributed by atoms with Crippen LogP contribution in [0.4, 0.5) is 0 Å². The van der Waals surface area contributed by atoms with E-state index in [1.807, 2.05) is 0 Å². The van der Waals surface area contributed by atoms with E-state index in [1.165, 1.54) is 25.9 Å². The lowest BCUT2D eigenvalue weighted by Gasteiger charge is -2.33. The smallest absolute Gasteiger partial charge is 0.0100 e. The minimum absolute atomic E-state index is 0.0167. The van der Waals surface area contributed by atoms with Crippen LogP contribution >= 0.6 is 0 Å². The third-order valence-corrected chi connectivity index (χ3v) is 2.54. The quantitative estimate of drug-likeness (QED) is 0.680. The van der Waals surface area contributed by atoms with Crippen molar-refractivity contribution < 1.29 is 0 Å². The number of piperidine rings is 1. The van der Waals surface area contributed by atoms with Crippen LogP contribution in [0.15, 0.2) is 0 Å². The van der Waals surface area contributed by atoms with Crippen LogP contribution in [0.3, 0.4) is 0 Å². The first-order chi connectivity index (χ1) is 5.47. The van der Waals surface area contributed by atoms with Gasteiger partial charge < -0.3 is 10.6 Å². The second-order valence-electron chi connectivity index (χ2n) is 4.96. The molecule has 1 unspecified atom stereocenters. The van der Waals surface area contributed by atoms with Gasteiger partial charge in [0.15, 0.2) is 0 Å². The maximum Gasteiger partial charge on any atom is 0.0100 e. The molecule has 0 saturated carbocycles. The Morgan fingerprint density at radius 2 is 2.17 bits per heavy atom. The first-order valence-electron chi connectivity index (χ1n) is 4.95. The van der Waals surface area contributed by atoms with Crippen LogP contribution in [-0.2, 0) is 0 Å². The predicted molar refractivity (Wildman–Crippen MR) is 53.1 cm³/mol. The van der Waals surface area contributed by atoms with Gasteiger partial charge in [-0.05, 0) is 52.6 Å². The number of hydrogen-bond donors (Lipinski definition) is 1. The fraction of sp³-hybridized carbons (Fsp3) is 1.00. The van der Waals surface area contributed by atoms with Crippen LogP contribution in [0, 0.1) is 5.92 Å². The van der Waals surface area contributed by atoms with Gasteiger partial charge in [0.25, 0.3) is 0 Å². The topological polar surface area (TPSA) is 29.3 Å². The van der Waals surface area contributed by atoms with Crippen molar-refractivity contribution in [3.63, 3.8) is 0 Å². The van der Waals surface area contributed by atoms with Gasteiger partial charge in [0, 0.05) is 12.1 Å². The van der Waals surface area contributed by atoms with E-state index in [0.717, 1.165) is 12.3 Å². The largest absolute Gasteiger partial charge is 0.326 e. The number of hydrogen-bond acceptors (Lipinski definition) is 2. The Labute approximate surface area is 76.1 Å². The van der Waals surface area contributed by atoms with E-state index in [9.17, 15) is 0 Å². The van der Waals surface area contributed by atoms with Gasteiger partial charge in [0.05, 0.1) is 0 Å². The Balaban J connectivity index is 2.32. The van der Waals surface area contributed by atoms with Crippen molar-refractivity contribution in [1.82, 2.24) is 4.90 Å². The number of rotatable bonds is 2. The van der Waals surface area contributed by atoms with Gasteiger partial charge in [-0.15, -0.1) is 0 Å². The molecule has 1 fully saturated rings. The molecule has 72 valence electrons. The van der Waals surface area contributed by atoms with E-state index in [0.29, 0.717) is 0 Å². The molecule has 1 heterocycles. The average Bonchev–Trinajstić information content (AvgIpc) is 1.82. The van der Waals surface area contributed by atoms with Gasteiger partial charge >= 0.3 is 0 Å². The Kier molecular flexibility index (Phi) is 3.13. The van der Waals surface area contributed by atoms with Crippen molar-refractivity contribution in [1.29, 1.82) is 0 Å². The van der Waals surface area contributed by atoms with Crippen LogP contribution in [0.25, 0.3) is 0 Å². The number of nitrogens with two attached hydrogens (primary N) is 1. The highest BCUT2D eigenvalue weighted by Crippen LogP contribution is 2.22. The molecule has 0 bridgehead atoms. The molecule has 0 aromatic heterocycles. The number of likely N-dealkylation sites (tertiary alicyclic amines) is 1. The summed E-state index contributed by atoms with van der Waals surface area (Å²) in [6.07, 6.45) is 3.87. The Hall–Kier alpha value is -0.0800. The highest BCUT2D eigenvalue weighted by Gasteiger charge is 2.22. The Morgan fingerprint density at radius 3 is 2.67 bits per heavy atom. The van der Waals surface area contributed by atoms with Gasteiger partial charge in [0.2, 0.25) is 0 Å². The predicted octanol–water partition coefficient (Wildman–Crippen LogP) is 1.46. The summed E-state index contributed by atoms with van der Waals surface area (Å²) in [6, 6.07) is 0. The monoisotopic (exact) mass is 170 g/mol.